The summed E-state index contributed by atoms with van der Waals surface area (Å²) in [7, 11) is 3.54. The zero-order valence-corrected chi connectivity index (χ0v) is 18.8. The lowest BCUT2D eigenvalue weighted by Crippen LogP contribution is -2.22. The summed E-state index contributed by atoms with van der Waals surface area (Å²) < 4.78 is 13.2. The summed E-state index contributed by atoms with van der Waals surface area (Å²) >= 11 is 0. The first-order valence-electron chi connectivity index (χ1n) is 10.7. The van der Waals surface area contributed by atoms with Crippen molar-refractivity contribution >= 4 is 17.1 Å². The normalized spacial score (nSPS) is 14.9. The number of allylic oxidation sites excluding steroid dienone is 2. The second-order valence-electron chi connectivity index (χ2n) is 7.70. The third-order valence-corrected chi connectivity index (χ3v) is 5.18. The molecule has 7 heteroatoms. The van der Waals surface area contributed by atoms with E-state index in [0.717, 1.165) is 47.1 Å². The zero-order valence-electron chi connectivity index (χ0n) is 18.8. The molecule has 1 N–H and O–H groups in total. The number of ether oxygens (including phenoxy) is 2. The van der Waals surface area contributed by atoms with Gasteiger partial charge in [-0.05, 0) is 63.1 Å². The van der Waals surface area contributed by atoms with Crippen LogP contribution in [-0.2, 0) is 7.05 Å². The number of anilines is 1. The van der Waals surface area contributed by atoms with Crippen molar-refractivity contribution in [2.45, 2.75) is 26.2 Å². The maximum Gasteiger partial charge on any atom is 0.163 e. The molecule has 0 saturated carbocycles. The Morgan fingerprint density at radius 2 is 2.10 bits per heavy atom. The minimum Gasteiger partial charge on any atom is -0.493 e. The van der Waals surface area contributed by atoms with Gasteiger partial charge < -0.3 is 19.7 Å². The monoisotopic (exact) mass is 423 g/mol. The number of hydrogen-bond acceptors (Lipinski definition) is 5. The molecule has 0 spiro atoms. The molecular formula is C24H33N5O2. The fraction of sp³-hybridized carbons (Fsp3) is 0.417. The summed E-state index contributed by atoms with van der Waals surface area (Å²) in [6.07, 6.45) is 10.9. The van der Waals surface area contributed by atoms with Crippen LogP contribution in [0.4, 0.5) is 5.69 Å². The topological polar surface area (TPSA) is 63.9 Å². The summed E-state index contributed by atoms with van der Waals surface area (Å²) in [5.74, 6) is 2.23. The van der Waals surface area contributed by atoms with Crippen LogP contribution in [0.25, 0.3) is 5.57 Å². The van der Waals surface area contributed by atoms with Crippen LogP contribution < -0.4 is 14.8 Å². The molecular weight excluding hydrogens is 390 g/mol. The van der Waals surface area contributed by atoms with Crippen molar-refractivity contribution < 1.29 is 9.47 Å². The maximum atomic E-state index is 6.01. The molecule has 0 unspecified atom stereocenters. The fourth-order valence-electron chi connectivity index (χ4n) is 3.51. The number of nitrogens with one attached hydrogen (secondary N) is 1. The van der Waals surface area contributed by atoms with Crippen LogP contribution in [-0.4, -0.2) is 53.9 Å². The molecule has 2 aromatic rings. The van der Waals surface area contributed by atoms with E-state index in [4.69, 9.17) is 9.47 Å². The van der Waals surface area contributed by atoms with Crippen LogP contribution in [0, 0.1) is 0 Å². The number of aliphatic imine (C=N–C) groups is 1. The van der Waals surface area contributed by atoms with Gasteiger partial charge in [-0.3, -0.25) is 4.68 Å². The van der Waals surface area contributed by atoms with Gasteiger partial charge >= 0.3 is 0 Å². The first kappa shape index (κ1) is 22.6. The molecule has 31 heavy (non-hydrogen) atoms. The Labute approximate surface area is 185 Å². The van der Waals surface area contributed by atoms with Gasteiger partial charge in [-0.25, -0.2) is 4.99 Å². The number of nitrogens with zero attached hydrogens (tertiary/aromatic N) is 4. The van der Waals surface area contributed by atoms with Crippen LogP contribution in [0.1, 0.15) is 31.7 Å². The van der Waals surface area contributed by atoms with Crippen molar-refractivity contribution in [1.29, 1.82) is 0 Å². The van der Waals surface area contributed by atoms with E-state index in [2.05, 4.69) is 26.9 Å². The lowest BCUT2D eigenvalue weighted by atomic mass is 10.2. The molecule has 1 fully saturated rings. The first-order valence-corrected chi connectivity index (χ1v) is 10.7. The molecule has 2 heterocycles. The van der Waals surface area contributed by atoms with Crippen LogP contribution in [0.15, 0.2) is 54.4 Å². The molecule has 1 aromatic carbocycles. The van der Waals surface area contributed by atoms with Gasteiger partial charge in [0.1, 0.15) is 5.84 Å². The Kier molecular flexibility index (Phi) is 8.29. The molecule has 1 aromatic heterocycles. The van der Waals surface area contributed by atoms with Gasteiger partial charge in [-0.15, -0.1) is 0 Å². The van der Waals surface area contributed by atoms with Crippen molar-refractivity contribution in [3.63, 3.8) is 0 Å². The molecule has 0 bridgehead atoms. The van der Waals surface area contributed by atoms with E-state index >= 15 is 0 Å². The molecule has 0 amide bonds. The number of hydrogen-bond donors (Lipinski definition) is 1. The number of rotatable bonds is 10. The Morgan fingerprint density at radius 3 is 2.81 bits per heavy atom. The van der Waals surface area contributed by atoms with Gasteiger partial charge in [0.25, 0.3) is 0 Å². The highest BCUT2D eigenvalue weighted by atomic mass is 16.5. The van der Waals surface area contributed by atoms with Crippen molar-refractivity contribution in [3.05, 3.63) is 55.0 Å². The van der Waals surface area contributed by atoms with Gasteiger partial charge in [0.15, 0.2) is 11.5 Å². The third kappa shape index (κ3) is 7.00. The van der Waals surface area contributed by atoms with E-state index < -0.39 is 0 Å². The summed E-state index contributed by atoms with van der Waals surface area (Å²) in [6.45, 7) is 10.1. The van der Waals surface area contributed by atoms with Crippen molar-refractivity contribution in [3.8, 4) is 11.5 Å². The molecule has 7 nitrogen and oxygen atoms in total. The SMILES string of the molecule is C=C(/C=C\N=C(/C)Nc1ccc(OC)c(OCCCN2CCCC2)c1)c1cnn(C)c1. The second kappa shape index (κ2) is 11.4. The summed E-state index contributed by atoms with van der Waals surface area (Å²) in [5.41, 5.74) is 2.73. The van der Waals surface area contributed by atoms with E-state index in [9.17, 15) is 0 Å². The van der Waals surface area contributed by atoms with Crippen molar-refractivity contribution in [2.24, 2.45) is 12.0 Å². The Hall–Kier alpha value is -3.06. The highest BCUT2D eigenvalue weighted by molar-refractivity contribution is 5.94. The smallest absolute Gasteiger partial charge is 0.163 e. The summed E-state index contributed by atoms with van der Waals surface area (Å²) in [6, 6.07) is 5.81. The standard InChI is InChI=1S/C24H33N5O2/c1-19(21-17-26-28(3)18-21)10-11-25-20(2)27-22-8-9-23(30-4)24(16-22)31-15-7-14-29-12-5-6-13-29/h8-11,16-18H,1,5-7,12-15H2,2-4H3,(H,25,27)/b11-10-. The van der Waals surface area contributed by atoms with Crippen LogP contribution >= 0.6 is 0 Å². The number of likely N-dealkylation sites (tertiary alicyclic amines) is 1. The molecule has 0 atom stereocenters. The molecule has 1 aliphatic heterocycles. The number of aryl methyl sites for hydroxylation is 1. The van der Waals surface area contributed by atoms with Crippen molar-refractivity contribution in [2.75, 3.05) is 38.7 Å². The number of benzene rings is 1. The summed E-state index contributed by atoms with van der Waals surface area (Å²) in [4.78, 5) is 6.94. The van der Waals surface area contributed by atoms with Crippen LogP contribution in [0.5, 0.6) is 11.5 Å². The lowest BCUT2D eigenvalue weighted by molar-refractivity contribution is 0.254. The minimum absolute atomic E-state index is 0.669. The number of methoxy groups -OCH3 is 1. The average Bonchev–Trinajstić information content (AvgIpc) is 3.43. The first-order chi connectivity index (χ1) is 15.0. The van der Waals surface area contributed by atoms with Gasteiger partial charge in [-0.1, -0.05) is 6.58 Å². The zero-order chi connectivity index (χ0) is 22.1. The molecule has 3 rings (SSSR count). The fourth-order valence-corrected chi connectivity index (χ4v) is 3.51. The lowest BCUT2D eigenvalue weighted by Gasteiger charge is -2.16. The molecule has 166 valence electrons. The maximum absolute atomic E-state index is 6.01. The van der Waals surface area contributed by atoms with E-state index in [1.54, 1.807) is 24.2 Å². The Bertz CT molecular complexity index is 926. The summed E-state index contributed by atoms with van der Waals surface area (Å²) in [5, 5.41) is 7.45. The number of amidine groups is 1. The quantitative estimate of drug-likeness (QED) is 0.266. The molecule has 1 saturated heterocycles. The highest BCUT2D eigenvalue weighted by Gasteiger charge is 2.11. The van der Waals surface area contributed by atoms with Crippen LogP contribution in [0.3, 0.4) is 0 Å². The predicted molar refractivity (Wildman–Crippen MR) is 127 cm³/mol. The average molecular weight is 424 g/mol. The van der Waals surface area contributed by atoms with Gasteiger partial charge in [-0.2, -0.15) is 5.10 Å². The van der Waals surface area contributed by atoms with E-state index in [-0.39, 0.29) is 0 Å². The van der Waals surface area contributed by atoms with E-state index in [1.165, 1.54) is 25.9 Å². The minimum atomic E-state index is 0.669. The predicted octanol–water partition coefficient (Wildman–Crippen LogP) is 4.35. The molecule has 0 aliphatic carbocycles. The molecule has 0 radical (unpaired) electrons. The van der Waals surface area contributed by atoms with E-state index in [0.29, 0.717) is 6.61 Å². The van der Waals surface area contributed by atoms with Crippen LogP contribution in [0.2, 0.25) is 0 Å². The largest absolute Gasteiger partial charge is 0.493 e. The third-order valence-electron chi connectivity index (χ3n) is 5.18. The van der Waals surface area contributed by atoms with E-state index in [1.807, 2.05) is 44.4 Å². The highest BCUT2D eigenvalue weighted by Crippen LogP contribution is 2.30. The van der Waals surface area contributed by atoms with Gasteiger partial charge in [0.2, 0.25) is 0 Å². The van der Waals surface area contributed by atoms with Gasteiger partial charge in [0, 0.05) is 43.3 Å². The van der Waals surface area contributed by atoms with Crippen molar-refractivity contribution in [1.82, 2.24) is 14.7 Å². The second-order valence-corrected chi connectivity index (χ2v) is 7.70. The Morgan fingerprint density at radius 1 is 1.29 bits per heavy atom. The molecule has 1 aliphatic rings. The number of aromatic nitrogens is 2. The Balaban J connectivity index is 1.53. The van der Waals surface area contributed by atoms with Gasteiger partial charge in [0.05, 0.1) is 19.9 Å².